The van der Waals surface area contributed by atoms with Crippen LogP contribution < -0.4 is 5.32 Å². The molecule has 20 heavy (non-hydrogen) atoms. The number of benzene rings is 1. The zero-order valence-electron chi connectivity index (χ0n) is 10.6. The third kappa shape index (κ3) is 3.01. The molecule has 0 saturated heterocycles. The molecule has 2 nitrogen and oxygen atoms in total. The highest BCUT2D eigenvalue weighted by Crippen LogP contribution is 2.22. The van der Waals surface area contributed by atoms with Crippen molar-refractivity contribution in [3.63, 3.8) is 0 Å². The maximum atomic E-state index is 13.1. The predicted octanol–water partition coefficient (Wildman–Crippen LogP) is 4.05. The van der Waals surface area contributed by atoms with Gasteiger partial charge in [-0.05, 0) is 30.0 Å². The third-order valence-electron chi connectivity index (χ3n) is 2.85. The number of halogens is 3. The highest BCUT2D eigenvalue weighted by Gasteiger charge is 2.18. The van der Waals surface area contributed by atoms with Gasteiger partial charge in [0.15, 0.2) is 17.5 Å². The van der Waals surface area contributed by atoms with E-state index in [0.717, 1.165) is 4.88 Å². The van der Waals surface area contributed by atoms with Gasteiger partial charge in [-0.1, -0.05) is 13.0 Å². The Labute approximate surface area is 118 Å². The molecule has 0 saturated carbocycles. The van der Waals surface area contributed by atoms with Crippen LogP contribution in [-0.4, -0.2) is 5.91 Å². The predicted molar refractivity (Wildman–Crippen MR) is 71.1 cm³/mol. The first-order chi connectivity index (χ1) is 9.52. The van der Waals surface area contributed by atoms with Crippen molar-refractivity contribution in [2.45, 2.75) is 19.4 Å². The molecule has 106 valence electrons. The molecule has 1 atom stereocenters. The number of hydrogen-bond donors (Lipinski definition) is 1. The number of carbonyl (C=O) groups is 1. The lowest BCUT2D eigenvalue weighted by Gasteiger charge is -2.15. The largest absolute Gasteiger partial charge is 0.344 e. The Hall–Kier alpha value is -1.82. The third-order valence-corrected chi connectivity index (χ3v) is 3.83. The molecule has 2 rings (SSSR count). The van der Waals surface area contributed by atoms with Gasteiger partial charge in [0.1, 0.15) is 0 Å². The molecule has 1 N–H and O–H groups in total. The van der Waals surface area contributed by atoms with Gasteiger partial charge in [-0.2, -0.15) is 0 Å². The van der Waals surface area contributed by atoms with Crippen LogP contribution in [0.5, 0.6) is 0 Å². The second kappa shape index (κ2) is 6.09. The van der Waals surface area contributed by atoms with Crippen LogP contribution in [0.2, 0.25) is 0 Å². The molecule has 2 aromatic rings. The summed E-state index contributed by atoms with van der Waals surface area (Å²) in [6, 6.07) is 4.86. The number of hydrogen-bond acceptors (Lipinski definition) is 2. The minimum absolute atomic E-state index is 0.237. The van der Waals surface area contributed by atoms with Crippen LogP contribution in [0.15, 0.2) is 29.6 Å². The number of carbonyl (C=O) groups excluding carboxylic acids is 1. The van der Waals surface area contributed by atoms with Gasteiger partial charge >= 0.3 is 0 Å². The zero-order chi connectivity index (χ0) is 14.7. The summed E-state index contributed by atoms with van der Waals surface area (Å²) in [5, 5.41) is 4.55. The Balaban J connectivity index is 2.19. The van der Waals surface area contributed by atoms with E-state index in [1.54, 1.807) is 0 Å². The fourth-order valence-electron chi connectivity index (χ4n) is 1.79. The quantitative estimate of drug-likeness (QED) is 0.848. The van der Waals surface area contributed by atoms with Crippen molar-refractivity contribution in [2.75, 3.05) is 0 Å². The molecule has 0 aliphatic heterocycles. The first kappa shape index (κ1) is 14.6. The summed E-state index contributed by atoms with van der Waals surface area (Å²) in [4.78, 5) is 12.9. The van der Waals surface area contributed by atoms with Crippen LogP contribution >= 0.6 is 11.3 Å². The molecule has 0 aliphatic rings. The summed E-state index contributed by atoms with van der Waals surface area (Å²) in [5.41, 5.74) is -0.239. The Bertz CT molecular complexity index is 590. The Morgan fingerprint density at radius 2 is 1.95 bits per heavy atom. The maximum absolute atomic E-state index is 13.1. The van der Waals surface area contributed by atoms with Gasteiger partial charge in [0, 0.05) is 10.4 Å². The van der Waals surface area contributed by atoms with Crippen LogP contribution in [0, 0.1) is 17.5 Å². The fourth-order valence-corrected chi connectivity index (χ4v) is 2.65. The lowest BCUT2D eigenvalue weighted by molar-refractivity contribution is 0.0935. The Morgan fingerprint density at radius 3 is 2.45 bits per heavy atom. The van der Waals surface area contributed by atoms with E-state index in [1.807, 2.05) is 24.4 Å². The molecule has 1 heterocycles. The van der Waals surface area contributed by atoms with Crippen LogP contribution in [0.25, 0.3) is 0 Å². The monoisotopic (exact) mass is 299 g/mol. The topological polar surface area (TPSA) is 29.1 Å². The molecule has 0 bridgehead atoms. The number of amides is 1. The van der Waals surface area contributed by atoms with Crippen LogP contribution in [-0.2, 0) is 0 Å². The van der Waals surface area contributed by atoms with Gasteiger partial charge in [0.2, 0.25) is 0 Å². The molecule has 1 aromatic carbocycles. The first-order valence-corrected chi connectivity index (χ1v) is 6.89. The summed E-state index contributed by atoms with van der Waals surface area (Å²) in [5.74, 6) is -4.96. The van der Waals surface area contributed by atoms with Crippen LogP contribution in [0.4, 0.5) is 13.2 Å². The lowest BCUT2D eigenvalue weighted by atomic mass is 10.1. The normalized spacial score (nSPS) is 12.2. The summed E-state index contributed by atoms with van der Waals surface area (Å²) in [6.45, 7) is 1.89. The van der Waals surface area contributed by atoms with E-state index >= 15 is 0 Å². The standard InChI is InChI=1S/C14H12F3NOS/c1-2-11(12-4-3-5-20-12)18-14(19)8-6-9(15)13(17)10(16)7-8/h3-7,11H,2H2,1H3,(H,18,19). The van der Waals surface area contributed by atoms with E-state index in [-0.39, 0.29) is 11.6 Å². The number of thiophene rings is 1. The van der Waals surface area contributed by atoms with E-state index in [9.17, 15) is 18.0 Å². The van der Waals surface area contributed by atoms with E-state index in [1.165, 1.54) is 11.3 Å². The minimum atomic E-state index is -1.58. The zero-order valence-corrected chi connectivity index (χ0v) is 11.4. The second-order valence-electron chi connectivity index (χ2n) is 4.20. The molecule has 1 aromatic heterocycles. The average molecular weight is 299 g/mol. The lowest BCUT2D eigenvalue weighted by Crippen LogP contribution is -2.28. The van der Waals surface area contributed by atoms with Crippen LogP contribution in [0.1, 0.15) is 34.6 Å². The van der Waals surface area contributed by atoms with E-state index in [0.29, 0.717) is 18.6 Å². The Kier molecular flexibility index (Phi) is 4.44. The van der Waals surface area contributed by atoms with Gasteiger partial charge in [-0.3, -0.25) is 4.79 Å². The smallest absolute Gasteiger partial charge is 0.252 e. The van der Waals surface area contributed by atoms with Crippen molar-refractivity contribution in [1.29, 1.82) is 0 Å². The second-order valence-corrected chi connectivity index (χ2v) is 5.18. The molecular formula is C14H12F3NOS. The molecule has 1 unspecified atom stereocenters. The Morgan fingerprint density at radius 1 is 1.30 bits per heavy atom. The molecule has 0 aliphatic carbocycles. The molecule has 6 heteroatoms. The minimum Gasteiger partial charge on any atom is -0.344 e. The summed E-state index contributed by atoms with van der Waals surface area (Å²) in [7, 11) is 0. The summed E-state index contributed by atoms with van der Waals surface area (Å²) < 4.78 is 39.0. The van der Waals surface area contributed by atoms with Crippen molar-refractivity contribution < 1.29 is 18.0 Å². The van der Waals surface area contributed by atoms with E-state index in [4.69, 9.17) is 0 Å². The average Bonchev–Trinajstić information content (AvgIpc) is 2.95. The van der Waals surface area contributed by atoms with Crippen LogP contribution in [0.3, 0.4) is 0 Å². The number of nitrogens with one attached hydrogen (secondary N) is 1. The van der Waals surface area contributed by atoms with Crippen molar-refractivity contribution in [1.82, 2.24) is 5.32 Å². The fraction of sp³-hybridized carbons (Fsp3) is 0.214. The maximum Gasteiger partial charge on any atom is 0.252 e. The molecular weight excluding hydrogens is 287 g/mol. The van der Waals surface area contributed by atoms with E-state index in [2.05, 4.69) is 5.32 Å². The summed E-state index contributed by atoms with van der Waals surface area (Å²) in [6.07, 6.45) is 0.637. The highest BCUT2D eigenvalue weighted by atomic mass is 32.1. The van der Waals surface area contributed by atoms with Gasteiger partial charge in [-0.15, -0.1) is 11.3 Å². The van der Waals surface area contributed by atoms with Crippen molar-refractivity contribution in [3.05, 3.63) is 57.5 Å². The molecule has 0 spiro atoms. The van der Waals surface area contributed by atoms with Gasteiger partial charge in [0.25, 0.3) is 5.91 Å². The van der Waals surface area contributed by atoms with Gasteiger partial charge in [0.05, 0.1) is 6.04 Å². The number of rotatable bonds is 4. The molecule has 1 amide bonds. The van der Waals surface area contributed by atoms with E-state index < -0.39 is 23.4 Å². The first-order valence-electron chi connectivity index (χ1n) is 6.01. The molecule has 0 radical (unpaired) electrons. The molecule has 0 fully saturated rings. The van der Waals surface area contributed by atoms with Crippen molar-refractivity contribution >= 4 is 17.2 Å². The van der Waals surface area contributed by atoms with Crippen molar-refractivity contribution in [2.24, 2.45) is 0 Å². The van der Waals surface area contributed by atoms with Crippen molar-refractivity contribution in [3.8, 4) is 0 Å². The van der Waals surface area contributed by atoms with Gasteiger partial charge < -0.3 is 5.32 Å². The highest BCUT2D eigenvalue weighted by molar-refractivity contribution is 7.10. The van der Waals surface area contributed by atoms with Gasteiger partial charge in [-0.25, -0.2) is 13.2 Å². The summed E-state index contributed by atoms with van der Waals surface area (Å²) >= 11 is 1.48. The SMILES string of the molecule is CCC(NC(=O)c1cc(F)c(F)c(F)c1)c1cccs1.